The van der Waals surface area contributed by atoms with Gasteiger partial charge in [-0.1, -0.05) is 66.2 Å². The predicted octanol–water partition coefficient (Wildman–Crippen LogP) is 9.73. The molecule has 0 bridgehead atoms. The lowest BCUT2D eigenvalue weighted by Gasteiger charge is -2.16. The molecule has 7 nitrogen and oxygen atoms in total. The Morgan fingerprint density at radius 2 is 1.67 bits per heavy atom. The Balaban J connectivity index is 1.67. The van der Waals surface area contributed by atoms with Gasteiger partial charge in [-0.05, 0) is 54.1 Å². The molecule has 238 valence electrons. The third-order valence-corrected chi connectivity index (χ3v) is 9.53. The number of halogens is 4. The van der Waals surface area contributed by atoms with Crippen molar-refractivity contribution < 1.29 is 26.9 Å². The summed E-state index contributed by atoms with van der Waals surface area (Å²) in [5.41, 5.74) is 2.92. The molecule has 0 aliphatic carbocycles. The van der Waals surface area contributed by atoms with Gasteiger partial charge in [0.25, 0.3) is 6.43 Å². The Hall–Kier alpha value is -5.57. The molecule has 0 spiro atoms. The highest BCUT2D eigenvalue weighted by Gasteiger charge is 2.27. The Morgan fingerprint density at radius 3 is 2.35 bits per heavy atom. The van der Waals surface area contributed by atoms with E-state index in [9.17, 15) is 32.3 Å². The first-order chi connectivity index (χ1) is 23.2. The van der Waals surface area contributed by atoms with Crippen molar-refractivity contribution >= 4 is 39.4 Å². The van der Waals surface area contributed by atoms with Gasteiger partial charge in [0.2, 0.25) is 0 Å². The highest BCUT2D eigenvalue weighted by atomic mass is 35.5. The lowest BCUT2D eigenvalue weighted by molar-refractivity contribution is 0.0998. The third-order valence-electron chi connectivity index (χ3n) is 7.76. The van der Waals surface area contributed by atoms with Crippen molar-refractivity contribution in [2.45, 2.75) is 11.3 Å². The van der Waals surface area contributed by atoms with Crippen LogP contribution in [0.25, 0.3) is 44.4 Å². The smallest absolute Gasteiger partial charge is 0.320 e. The summed E-state index contributed by atoms with van der Waals surface area (Å²) in [6.45, 7) is 0. The number of aromatic nitrogens is 1. The molecule has 48 heavy (non-hydrogen) atoms. The Labute approximate surface area is 279 Å². The van der Waals surface area contributed by atoms with Crippen molar-refractivity contribution in [1.82, 2.24) is 3.97 Å². The van der Waals surface area contributed by atoms with Gasteiger partial charge >= 0.3 is 5.91 Å². The molecule has 1 aromatic heterocycles. The van der Waals surface area contributed by atoms with Gasteiger partial charge in [0, 0.05) is 38.4 Å². The molecule has 0 saturated heterocycles. The number of alkyl halides is 2. The zero-order valence-electron chi connectivity index (χ0n) is 24.8. The average Bonchev–Trinajstić information content (AvgIpc) is 3.44. The minimum absolute atomic E-state index is 0.0320. The summed E-state index contributed by atoms with van der Waals surface area (Å²) in [7, 11) is -0.756. The molecule has 1 unspecified atom stereocenters. The molecule has 1 amide bonds. The van der Waals surface area contributed by atoms with E-state index in [1.807, 2.05) is 0 Å². The minimum atomic E-state index is -2.72. The maximum Gasteiger partial charge on any atom is 0.320 e. The molecule has 12 heteroatoms. The standard InChI is InChI=1S/C36H21ClF3N3O4S/c1-47-34-28(36(44)42-45)15-14-27(32(34)37)21-6-4-7-22(17-21)33-31(26-8-3-2-5-23(26)19-41)29-18-24(38)11-16-30(29)43(33)48(46)25-12-9-20(10-13-25)35(39)40/h2-18,35H,1H3. The van der Waals surface area contributed by atoms with Gasteiger partial charge in [0.1, 0.15) is 5.82 Å². The molecule has 6 rings (SSSR count). The highest BCUT2D eigenvalue weighted by molar-refractivity contribution is 7.83. The number of methoxy groups -OCH3 is 1. The van der Waals surface area contributed by atoms with Crippen molar-refractivity contribution in [1.29, 1.82) is 5.26 Å². The fraction of sp³-hybridized carbons (Fsp3) is 0.0556. The maximum atomic E-state index is 14.9. The molecule has 0 N–H and O–H groups in total. The van der Waals surface area contributed by atoms with Crippen LogP contribution in [0, 0.1) is 22.1 Å². The van der Waals surface area contributed by atoms with E-state index in [0.717, 1.165) is 0 Å². The van der Waals surface area contributed by atoms with Crippen LogP contribution in [-0.2, 0) is 11.0 Å². The number of nitrogens with zero attached hydrogens (tertiary/aromatic N) is 3. The number of carbonyl (C=O) groups is 1. The fourth-order valence-electron chi connectivity index (χ4n) is 5.61. The summed E-state index contributed by atoms with van der Waals surface area (Å²) in [5, 5.41) is 12.9. The molecule has 0 aliphatic rings. The van der Waals surface area contributed by atoms with Gasteiger partial charge in [0.05, 0.1) is 45.4 Å². The first-order valence-corrected chi connectivity index (χ1v) is 15.7. The van der Waals surface area contributed by atoms with E-state index in [0.29, 0.717) is 44.4 Å². The molecule has 6 aromatic rings. The van der Waals surface area contributed by atoms with Crippen LogP contribution in [-0.4, -0.2) is 21.2 Å². The van der Waals surface area contributed by atoms with E-state index in [4.69, 9.17) is 16.3 Å². The van der Waals surface area contributed by atoms with Crippen molar-refractivity contribution in [2.24, 2.45) is 5.18 Å². The van der Waals surface area contributed by atoms with Gasteiger partial charge < -0.3 is 4.74 Å². The van der Waals surface area contributed by atoms with Gasteiger partial charge in [-0.25, -0.2) is 17.4 Å². The molecule has 1 heterocycles. The number of amides is 1. The van der Waals surface area contributed by atoms with Crippen molar-refractivity contribution in [3.05, 3.63) is 136 Å². The molecule has 5 aromatic carbocycles. The number of hydrogen-bond donors (Lipinski definition) is 0. The van der Waals surface area contributed by atoms with Crippen molar-refractivity contribution in [3.8, 4) is 45.3 Å². The van der Waals surface area contributed by atoms with Gasteiger partial charge in [-0.3, -0.25) is 8.77 Å². The molecule has 0 radical (unpaired) electrons. The van der Waals surface area contributed by atoms with Gasteiger partial charge in [0.15, 0.2) is 16.7 Å². The summed E-state index contributed by atoms with van der Waals surface area (Å²) in [5.74, 6) is -1.68. The topological polar surface area (TPSA) is 102 Å². The number of carbonyl (C=O) groups excluding carboxylic acids is 1. The zero-order valence-corrected chi connectivity index (χ0v) is 26.4. The van der Waals surface area contributed by atoms with E-state index in [2.05, 4.69) is 11.2 Å². The number of nitriles is 1. The number of ether oxygens (including phenoxy) is 1. The van der Waals surface area contributed by atoms with E-state index >= 15 is 0 Å². The lowest BCUT2D eigenvalue weighted by Crippen LogP contribution is -2.07. The lowest BCUT2D eigenvalue weighted by atomic mass is 9.93. The van der Waals surface area contributed by atoms with E-state index in [-0.39, 0.29) is 32.4 Å². The summed E-state index contributed by atoms with van der Waals surface area (Å²) in [4.78, 5) is 23.3. The molecular formula is C36H21ClF3N3O4S. The first kappa shape index (κ1) is 32.4. The monoisotopic (exact) mass is 683 g/mol. The summed E-state index contributed by atoms with van der Waals surface area (Å²) in [6.07, 6.45) is -2.72. The zero-order chi connectivity index (χ0) is 34.1. The summed E-state index contributed by atoms with van der Waals surface area (Å²) in [6, 6.07) is 27.8. The Morgan fingerprint density at radius 1 is 0.938 bits per heavy atom. The maximum absolute atomic E-state index is 14.9. The third kappa shape index (κ3) is 5.65. The van der Waals surface area contributed by atoms with Crippen molar-refractivity contribution in [2.75, 3.05) is 7.11 Å². The van der Waals surface area contributed by atoms with Gasteiger partial charge in [-0.2, -0.15) is 5.26 Å². The summed E-state index contributed by atoms with van der Waals surface area (Å²) < 4.78 is 62.9. The second kappa shape index (κ2) is 13.3. The average molecular weight is 684 g/mol. The Bertz CT molecular complexity index is 2320. The van der Waals surface area contributed by atoms with Crippen LogP contribution in [0.1, 0.15) is 27.9 Å². The fourth-order valence-corrected chi connectivity index (χ4v) is 7.24. The van der Waals surface area contributed by atoms with Crippen LogP contribution in [0.15, 0.2) is 113 Å². The number of benzene rings is 5. The molecular weight excluding hydrogens is 663 g/mol. The van der Waals surface area contributed by atoms with Crippen LogP contribution in [0.3, 0.4) is 0 Å². The highest BCUT2D eigenvalue weighted by Crippen LogP contribution is 2.45. The van der Waals surface area contributed by atoms with Crippen LogP contribution in [0.2, 0.25) is 5.02 Å². The first-order valence-electron chi connectivity index (χ1n) is 14.2. The van der Waals surface area contributed by atoms with Crippen LogP contribution < -0.4 is 4.74 Å². The SMILES string of the molecule is COc1c(C(=O)N=O)ccc(-c2cccc(-c3c(-c4ccccc4C#N)c4cc(F)ccc4n3S(=O)c3ccc(C(F)F)cc3)c2)c1Cl. The molecule has 0 aliphatic heterocycles. The van der Waals surface area contributed by atoms with E-state index in [1.54, 1.807) is 48.5 Å². The summed E-state index contributed by atoms with van der Waals surface area (Å²) >= 11 is 6.69. The number of nitroso groups, excluding NO2 is 1. The number of fused-ring (bicyclic) bond motifs is 1. The number of hydrogen-bond acceptors (Lipinski definition) is 5. The van der Waals surface area contributed by atoms with Gasteiger partial charge in [-0.15, -0.1) is 4.91 Å². The normalized spacial score (nSPS) is 11.8. The predicted molar refractivity (Wildman–Crippen MR) is 178 cm³/mol. The molecule has 1 atom stereocenters. The number of rotatable bonds is 8. The second-order valence-electron chi connectivity index (χ2n) is 10.4. The minimum Gasteiger partial charge on any atom is -0.494 e. The van der Waals surface area contributed by atoms with Crippen LogP contribution in [0.5, 0.6) is 5.75 Å². The van der Waals surface area contributed by atoms with Crippen molar-refractivity contribution in [3.63, 3.8) is 0 Å². The molecule has 0 saturated carbocycles. The van der Waals surface area contributed by atoms with Crippen LogP contribution in [0.4, 0.5) is 13.2 Å². The van der Waals surface area contributed by atoms with E-state index in [1.165, 1.54) is 65.7 Å². The van der Waals surface area contributed by atoms with Crippen LogP contribution >= 0.6 is 11.6 Å². The van der Waals surface area contributed by atoms with E-state index < -0.39 is 29.1 Å². The molecule has 0 fully saturated rings. The second-order valence-corrected chi connectivity index (χ2v) is 12.2. The largest absolute Gasteiger partial charge is 0.494 e. The Kier molecular flexibility index (Phi) is 8.95. The quantitative estimate of drug-likeness (QED) is 0.149.